The predicted molar refractivity (Wildman–Crippen MR) is 82.6 cm³/mol. The topological polar surface area (TPSA) is 58.9 Å². The molecule has 0 bridgehead atoms. The first-order valence-corrected chi connectivity index (χ1v) is 7.99. The summed E-state index contributed by atoms with van der Waals surface area (Å²) >= 11 is 0. The fraction of sp³-hybridized carbons (Fsp3) is 0.750. The lowest BCUT2D eigenvalue weighted by Gasteiger charge is -2.37. The normalized spacial score (nSPS) is 16.6. The first-order valence-electron chi connectivity index (χ1n) is 7.99. The highest BCUT2D eigenvalue weighted by Crippen LogP contribution is 2.55. The Hall–Kier alpha value is -1.56. The van der Waals surface area contributed by atoms with E-state index in [0.29, 0.717) is 0 Å². The second-order valence-electron chi connectivity index (χ2n) is 5.88. The van der Waals surface area contributed by atoms with E-state index in [1.165, 1.54) is 26.0 Å². The van der Waals surface area contributed by atoms with Crippen LogP contribution in [0.3, 0.4) is 0 Å². The van der Waals surface area contributed by atoms with E-state index in [-0.39, 0.29) is 0 Å². The zero-order valence-corrected chi connectivity index (χ0v) is 15.0. The van der Waals surface area contributed by atoms with Crippen LogP contribution >= 0.6 is 0 Å². The van der Waals surface area contributed by atoms with Gasteiger partial charge in [0, 0.05) is 12.8 Å². The number of alkyl halides is 8. The summed E-state index contributed by atoms with van der Waals surface area (Å²) in [6.07, 6.45) is -4.81. The molecule has 0 aliphatic heterocycles. The average molecular weight is 430 g/mol. The van der Waals surface area contributed by atoms with E-state index < -0.39 is 62.0 Å². The molecule has 0 saturated carbocycles. The average Bonchev–Trinajstić information content (AvgIpc) is 2.53. The summed E-state index contributed by atoms with van der Waals surface area (Å²) < 4.78 is 118. The monoisotopic (exact) mass is 430 g/mol. The molecule has 0 radical (unpaired) electrons. The van der Waals surface area contributed by atoms with Crippen LogP contribution in [0.15, 0.2) is 24.7 Å². The van der Waals surface area contributed by atoms with E-state index in [1.54, 1.807) is 0 Å². The summed E-state index contributed by atoms with van der Waals surface area (Å²) in [5.41, 5.74) is 0. The molecule has 0 aliphatic carbocycles. The van der Waals surface area contributed by atoms with Crippen molar-refractivity contribution in [1.29, 1.82) is 0 Å². The lowest BCUT2D eigenvalue weighted by atomic mass is 9.92. The zero-order valence-electron chi connectivity index (χ0n) is 15.0. The van der Waals surface area contributed by atoms with E-state index in [0.717, 1.165) is 12.5 Å². The molecule has 0 aromatic rings. The Bertz CT molecular complexity index is 477. The molecule has 28 heavy (non-hydrogen) atoms. The number of aliphatic hydroxyl groups is 2. The van der Waals surface area contributed by atoms with Crippen LogP contribution in [0.1, 0.15) is 26.7 Å². The smallest absolute Gasteiger partial charge is 0.378 e. The van der Waals surface area contributed by atoms with Gasteiger partial charge in [-0.2, -0.15) is 35.1 Å². The molecule has 2 atom stereocenters. The van der Waals surface area contributed by atoms with Crippen molar-refractivity contribution in [2.75, 3.05) is 13.2 Å². The van der Waals surface area contributed by atoms with Gasteiger partial charge in [-0.25, -0.2) is 0 Å². The molecule has 0 saturated heterocycles. The molecule has 4 nitrogen and oxygen atoms in total. The summed E-state index contributed by atoms with van der Waals surface area (Å²) in [7, 11) is 0. The highest BCUT2D eigenvalue weighted by molar-refractivity contribution is 5.04. The standard InChI is InChI=1S/C16H22F8O4/c1-3-5-27-9-11(25)7-13(17,18)15(21,22)16(23,24)14(19,20)8-12(26)10-28-6-4-2/h3-6,11-12,25-26H,7-10H2,1-2H3. The van der Waals surface area contributed by atoms with Crippen LogP contribution in [0.25, 0.3) is 0 Å². The van der Waals surface area contributed by atoms with Gasteiger partial charge >= 0.3 is 23.7 Å². The number of hydrogen-bond donors (Lipinski definition) is 2. The van der Waals surface area contributed by atoms with Crippen molar-refractivity contribution in [3.8, 4) is 0 Å². The van der Waals surface area contributed by atoms with Crippen LogP contribution < -0.4 is 0 Å². The number of allylic oxidation sites excluding steroid dienone is 2. The largest absolute Gasteiger partial charge is 0.499 e. The lowest BCUT2D eigenvalue weighted by Crippen LogP contribution is -2.63. The van der Waals surface area contributed by atoms with Gasteiger partial charge in [-0.1, -0.05) is 12.2 Å². The Kier molecular flexibility index (Phi) is 9.71. The molecule has 0 fully saturated rings. The fourth-order valence-electron chi connectivity index (χ4n) is 1.95. The minimum atomic E-state index is -6.53. The molecule has 166 valence electrons. The maximum absolute atomic E-state index is 13.7. The molecule has 2 N–H and O–H groups in total. The summed E-state index contributed by atoms with van der Waals surface area (Å²) in [4.78, 5) is 0. The molecule has 0 aliphatic rings. The van der Waals surface area contributed by atoms with Crippen molar-refractivity contribution in [1.82, 2.24) is 0 Å². The van der Waals surface area contributed by atoms with Crippen molar-refractivity contribution in [2.45, 2.75) is 62.6 Å². The second kappa shape index (κ2) is 10.3. The first kappa shape index (κ1) is 26.4. The number of hydrogen-bond acceptors (Lipinski definition) is 4. The molecule has 12 heteroatoms. The Balaban J connectivity index is 5.33. The Morgan fingerprint density at radius 2 is 0.964 bits per heavy atom. The molecule has 0 aromatic carbocycles. The summed E-state index contributed by atoms with van der Waals surface area (Å²) in [5.74, 6) is -24.5. The minimum absolute atomic E-state index is 0.916. The molecule has 0 amide bonds. The van der Waals surface area contributed by atoms with E-state index in [9.17, 15) is 45.3 Å². The van der Waals surface area contributed by atoms with Crippen LogP contribution in [0.5, 0.6) is 0 Å². The van der Waals surface area contributed by atoms with Gasteiger partial charge in [0.25, 0.3) is 0 Å². The van der Waals surface area contributed by atoms with Crippen molar-refractivity contribution in [2.24, 2.45) is 0 Å². The summed E-state index contributed by atoms with van der Waals surface area (Å²) in [5, 5.41) is 18.5. The third-order valence-corrected chi connectivity index (χ3v) is 3.34. The quantitative estimate of drug-likeness (QED) is 0.341. The van der Waals surface area contributed by atoms with Crippen LogP contribution in [0.4, 0.5) is 35.1 Å². The third-order valence-electron chi connectivity index (χ3n) is 3.34. The van der Waals surface area contributed by atoms with Crippen molar-refractivity contribution in [3.05, 3.63) is 24.7 Å². The molecular formula is C16H22F8O4. The van der Waals surface area contributed by atoms with E-state index in [1.807, 2.05) is 0 Å². The number of ether oxygens (including phenoxy) is 2. The number of rotatable bonds is 13. The molecule has 0 spiro atoms. The Morgan fingerprint density at radius 3 is 1.21 bits per heavy atom. The molecule has 0 heterocycles. The van der Waals surface area contributed by atoms with Gasteiger partial charge in [-0.3, -0.25) is 0 Å². The number of halogens is 8. The second-order valence-corrected chi connectivity index (χ2v) is 5.88. The highest BCUT2D eigenvalue weighted by atomic mass is 19.4. The van der Waals surface area contributed by atoms with Gasteiger partial charge in [0.05, 0.1) is 24.7 Å². The molecule has 0 rings (SSSR count). The number of aliphatic hydroxyl groups excluding tert-OH is 2. The summed E-state index contributed by atoms with van der Waals surface area (Å²) in [6, 6.07) is 0. The van der Waals surface area contributed by atoms with E-state index >= 15 is 0 Å². The van der Waals surface area contributed by atoms with Crippen molar-refractivity contribution in [3.63, 3.8) is 0 Å². The maximum Gasteiger partial charge on any atom is 0.378 e. The third kappa shape index (κ3) is 6.50. The van der Waals surface area contributed by atoms with Gasteiger partial charge in [0.15, 0.2) is 0 Å². The highest BCUT2D eigenvalue weighted by Gasteiger charge is 2.80. The first-order chi connectivity index (χ1) is 12.7. The summed E-state index contributed by atoms with van der Waals surface area (Å²) in [6.45, 7) is 0.990. The minimum Gasteiger partial charge on any atom is -0.499 e. The van der Waals surface area contributed by atoms with Crippen LogP contribution in [-0.2, 0) is 9.47 Å². The van der Waals surface area contributed by atoms with E-state index in [4.69, 9.17) is 0 Å². The van der Waals surface area contributed by atoms with Crippen LogP contribution in [-0.4, -0.2) is 59.3 Å². The van der Waals surface area contributed by atoms with Gasteiger partial charge < -0.3 is 19.7 Å². The van der Waals surface area contributed by atoms with Crippen molar-refractivity contribution >= 4 is 0 Å². The van der Waals surface area contributed by atoms with Gasteiger partial charge in [0.1, 0.15) is 13.2 Å². The molecular weight excluding hydrogens is 408 g/mol. The van der Waals surface area contributed by atoms with Crippen molar-refractivity contribution < 1.29 is 54.8 Å². The van der Waals surface area contributed by atoms with Gasteiger partial charge in [-0.05, 0) is 13.8 Å². The van der Waals surface area contributed by atoms with Gasteiger partial charge in [-0.15, -0.1) is 0 Å². The van der Waals surface area contributed by atoms with Crippen LogP contribution in [0, 0.1) is 0 Å². The Morgan fingerprint density at radius 1 is 0.679 bits per heavy atom. The maximum atomic E-state index is 13.7. The SMILES string of the molecule is CC=COCC(O)CC(F)(F)C(F)(F)C(F)(F)C(F)(F)CC(O)COC=CC. The van der Waals surface area contributed by atoms with E-state index in [2.05, 4.69) is 9.47 Å². The predicted octanol–water partition coefficient (Wildman–Crippen LogP) is 4.13. The molecule has 2 unspecified atom stereocenters. The lowest BCUT2D eigenvalue weighted by molar-refractivity contribution is -0.372. The van der Waals surface area contributed by atoms with Crippen LogP contribution in [0.2, 0.25) is 0 Å². The fourth-order valence-corrected chi connectivity index (χ4v) is 1.95. The van der Waals surface area contributed by atoms with Gasteiger partial charge in [0.2, 0.25) is 0 Å². The molecule has 0 aromatic heterocycles. The zero-order chi connectivity index (χ0) is 22.2. The Labute approximate surface area is 156 Å².